The molecule has 0 aliphatic heterocycles. The maximum absolute atomic E-state index is 13.7. The molecule has 10 heteroatoms. The largest absolute Gasteiger partial charge is 0.503 e. The molecule has 0 spiro atoms. The van der Waals surface area contributed by atoms with Gasteiger partial charge in [0.2, 0.25) is 11.6 Å². The van der Waals surface area contributed by atoms with Crippen LogP contribution >= 0.6 is 0 Å². The van der Waals surface area contributed by atoms with E-state index in [1.807, 2.05) is 5.32 Å². The zero-order chi connectivity index (χ0) is 18.8. The third-order valence-corrected chi connectivity index (χ3v) is 2.73. The Morgan fingerprint density at radius 2 is 1.54 bits per heavy atom. The number of rotatable bonds is 4. The molecule has 0 aromatic heterocycles. The molecule has 134 valence electrons. The summed E-state index contributed by atoms with van der Waals surface area (Å²) in [6, 6.07) is -1.92. The summed E-state index contributed by atoms with van der Waals surface area (Å²) in [6.45, 7) is 4.48. The van der Waals surface area contributed by atoms with E-state index in [1.54, 1.807) is 0 Å². The summed E-state index contributed by atoms with van der Waals surface area (Å²) < 4.78 is 58.7. The maximum Gasteiger partial charge on any atom is 0.408 e. The second-order valence-electron chi connectivity index (χ2n) is 5.82. The monoisotopic (exact) mass is 353 g/mol. The van der Waals surface area contributed by atoms with Crippen molar-refractivity contribution in [3.05, 3.63) is 28.8 Å². The van der Waals surface area contributed by atoms with Crippen LogP contribution in [0.5, 0.6) is 5.75 Å². The molecule has 0 bridgehead atoms. The second-order valence-corrected chi connectivity index (χ2v) is 5.82. The van der Waals surface area contributed by atoms with Gasteiger partial charge in [0.05, 0.1) is 0 Å². The Morgan fingerprint density at radius 1 is 1.08 bits per heavy atom. The van der Waals surface area contributed by atoms with Gasteiger partial charge >= 0.3 is 12.1 Å². The number of phenols is 1. The number of aliphatic carboxylic acids is 1. The first kappa shape index (κ1) is 19.5. The zero-order valence-electron chi connectivity index (χ0n) is 12.9. The van der Waals surface area contributed by atoms with E-state index >= 15 is 0 Å². The average molecular weight is 353 g/mol. The molecular formula is C14H15F4NO5. The molecule has 0 heterocycles. The first-order valence-electron chi connectivity index (χ1n) is 6.61. The molecule has 1 aromatic carbocycles. The highest BCUT2D eigenvalue weighted by Gasteiger charge is 2.31. The van der Waals surface area contributed by atoms with Crippen molar-refractivity contribution in [2.24, 2.45) is 0 Å². The molecule has 1 aromatic rings. The highest BCUT2D eigenvalue weighted by Crippen LogP contribution is 2.29. The molecule has 1 amide bonds. The SMILES string of the molecule is CC(C)(C)OC(=O)N[C@@H](Cc1c(F)c(F)c(O)c(F)c1F)C(=O)O. The van der Waals surface area contributed by atoms with Crippen molar-refractivity contribution < 1.29 is 42.1 Å². The fraction of sp³-hybridized carbons (Fsp3) is 0.429. The van der Waals surface area contributed by atoms with Crippen molar-refractivity contribution in [3.8, 4) is 5.75 Å². The highest BCUT2D eigenvalue weighted by molar-refractivity contribution is 5.80. The van der Waals surface area contributed by atoms with E-state index in [-0.39, 0.29) is 0 Å². The summed E-state index contributed by atoms with van der Waals surface area (Å²) in [5, 5.41) is 19.7. The number of carbonyl (C=O) groups excluding carboxylic acids is 1. The molecule has 1 rings (SSSR count). The van der Waals surface area contributed by atoms with E-state index < -0.39 is 64.7 Å². The fourth-order valence-corrected chi connectivity index (χ4v) is 1.70. The summed E-state index contributed by atoms with van der Waals surface area (Å²) in [5.41, 5.74) is -2.24. The molecule has 0 fully saturated rings. The standard InChI is InChI=1S/C14H15F4NO5/c1-14(2,3)24-13(23)19-6(12(21)22)4-5-7(15)9(17)11(20)10(18)8(5)16/h6,20H,4H2,1-3H3,(H,19,23)(H,21,22)/t6-/m0/s1. The van der Waals surface area contributed by atoms with Crippen LogP contribution in [0.2, 0.25) is 0 Å². The maximum atomic E-state index is 13.7. The number of carboxylic acids is 1. The van der Waals surface area contributed by atoms with Crippen LogP contribution in [0.1, 0.15) is 26.3 Å². The fourth-order valence-electron chi connectivity index (χ4n) is 1.70. The number of amides is 1. The van der Waals surface area contributed by atoms with Crippen molar-refractivity contribution in [3.63, 3.8) is 0 Å². The Bertz CT molecular complexity index is 643. The minimum atomic E-state index is -2.06. The Hall–Kier alpha value is -2.52. The number of ether oxygens (including phenoxy) is 1. The highest BCUT2D eigenvalue weighted by atomic mass is 19.2. The molecule has 1 atom stereocenters. The first-order valence-corrected chi connectivity index (χ1v) is 6.61. The van der Waals surface area contributed by atoms with Crippen LogP contribution in [-0.4, -0.2) is 33.9 Å². The molecular weight excluding hydrogens is 338 g/mol. The topological polar surface area (TPSA) is 95.9 Å². The molecule has 0 radical (unpaired) electrons. The lowest BCUT2D eigenvalue weighted by Crippen LogP contribution is -2.45. The number of hydrogen-bond acceptors (Lipinski definition) is 4. The molecule has 0 saturated carbocycles. The van der Waals surface area contributed by atoms with Crippen molar-refractivity contribution in [2.75, 3.05) is 0 Å². The lowest BCUT2D eigenvalue weighted by molar-refractivity contribution is -0.139. The number of alkyl carbamates (subject to hydrolysis) is 1. The van der Waals surface area contributed by atoms with Crippen LogP contribution in [-0.2, 0) is 16.0 Å². The Balaban J connectivity index is 3.11. The molecule has 0 aliphatic rings. The Labute approximate surface area is 134 Å². The number of hydrogen-bond donors (Lipinski definition) is 3. The van der Waals surface area contributed by atoms with Gasteiger partial charge in [0.25, 0.3) is 0 Å². The van der Waals surface area contributed by atoms with Gasteiger partial charge in [-0.1, -0.05) is 0 Å². The summed E-state index contributed by atoms with van der Waals surface area (Å²) in [4.78, 5) is 22.7. The lowest BCUT2D eigenvalue weighted by atomic mass is 10.0. The molecule has 0 saturated heterocycles. The van der Waals surface area contributed by atoms with Crippen molar-refractivity contribution in [1.82, 2.24) is 5.32 Å². The van der Waals surface area contributed by atoms with E-state index in [4.69, 9.17) is 14.9 Å². The van der Waals surface area contributed by atoms with Gasteiger partial charge in [-0.15, -0.1) is 0 Å². The molecule has 0 unspecified atom stereocenters. The van der Waals surface area contributed by atoms with Crippen molar-refractivity contribution in [1.29, 1.82) is 0 Å². The first-order chi connectivity index (χ1) is 10.8. The van der Waals surface area contributed by atoms with E-state index in [9.17, 15) is 27.2 Å². The summed E-state index contributed by atoms with van der Waals surface area (Å²) in [7, 11) is 0. The van der Waals surface area contributed by atoms with Crippen LogP contribution < -0.4 is 5.32 Å². The number of nitrogens with one attached hydrogen (secondary N) is 1. The average Bonchev–Trinajstić information content (AvgIpc) is 2.44. The normalized spacial score (nSPS) is 12.6. The predicted octanol–water partition coefficient (Wildman–Crippen LogP) is 2.47. The van der Waals surface area contributed by atoms with Crippen molar-refractivity contribution in [2.45, 2.75) is 38.8 Å². The number of carboxylic acid groups (broad SMARTS) is 1. The molecule has 0 aliphatic carbocycles. The number of carbonyl (C=O) groups is 2. The number of phenolic OH excluding ortho intramolecular Hbond substituents is 1. The van der Waals surface area contributed by atoms with Crippen LogP contribution in [0.15, 0.2) is 0 Å². The van der Waals surface area contributed by atoms with Gasteiger partial charge < -0.3 is 20.3 Å². The van der Waals surface area contributed by atoms with E-state index in [2.05, 4.69) is 0 Å². The van der Waals surface area contributed by atoms with Gasteiger partial charge in [0.1, 0.15) is 11.6 Å². The Kier molecular flexibility index (Phi) is 5.64. The third-order valence-electron chi connectivity index (χ3n) is 2.73. The van der Waals surface area contributed by atoms with Crippen LogP contribution in [0.25, 0.3) is 0 Å². The van der Waals surface area contributed by atoms with Gasteiger partial charge in [-0.05, 0) is 20.8 Å². The number of aromatic hydroxyl groups is 1. The quantitative estimate of drug-likeness (QED) is 0.571. The Morgan fingerprint density at radius 3 is 1.92 bits per heavy atom. The minimum Gasteiger partial charge on any atom is -0.503 e. The van der Waals surface area contributed by atoms with E-state index in [0.29, 0.717) is 0 Å². The molecule has 24 heavy (non-hydrogen) atoms. The van der Waals surface area contributed by atoms with E-state index in [1.165, 1.54) is 20.8 Å². The summed E-state index contributed by atoms with van der Waals surface area (Å²) in [5.74, 6) is -11.6. The lowest BCUT2D eigenvalue weighted by Gasteiger charge is -2.22. The number of benzene rings is 1. The van der Waals surface area contributed by atoms with Crippen LogP contribution in [0.4, 0.5) is 22.4 Å². The summed E-state index contributed by atoms with van der Waals surface area (Å²) >= 11 is 0. The zero-order valence-corrected chi connectivity index (χ0v) is 12.9. The van der Waals surface area contributed by atoms with Gasteiger partial charge in [-0.3, -0.25) is 0 Å². The van der Waals surface area contributed by atoms with Gasteiger partial charge in [-0.25, -0.2) is 18.4 Å². The smallest absolute Gasteiger partial charge is 0.408 e. The third kappa shape index (κ3) is 4.49. The predicted molar refractivity (Wildman–Crippen MR) is 72.4 cm³/mol. The molecule has 6 nitrogen and oxygen atoms in total. The van der Waals surface area contributed by atoms with Gasteiger partial charge in [0.15, 0.2) is 17.4 Å². The van der Waals surface area contributed by atoms with E-state index in [0.717, 1.165) is 0 Å². The minimum absolute atomic E-state index is 0.972. The summed E-state index contributed by atoms with van der Waals surface area (Å²) in [6.07, 6.45) is -2.31. The van der Waals surface area contributed by atoms with Crippen LogP contribution in [0, 0.1) is 23.3 Å². The molecule has 3 N–H and O–H groups in total. The van der Waals surface area contributed by atoms with Gasteiger partial charge in [-0.2, -0.15) is 8.78 Å². The van der Waals surface area contributed by atoms with Crippen LogP contribution in [0.3, 0.4) is 0 Å². The number of halogens is 4. The van der Waals surface area contributed by atoms with Gasteiger partial charge in [0, 0.05) is 12.0 Å². The second kappa shape index (κ2) is 6.93. The van der Waals surface area contributed by atoms with Crippen molar-refractivity contribution >= 4 is 12.1 Å².